The van der Waals surface area contributed by atoms with Gasteiger partial charge in [-0.25, -0.2) is 4.79 Å². The lowest BCUT2D eigenvalue weighted by Gasteiger charge is -2.51. The first kappa shape index (κ1) is 14.1. The summed E-state index contributed by atoms with van der Waals surface area (Å²) in [5.41, 5.74) is -0.770. The Morgan fingerprint density at radius 2 is 2.20 bits per heavy atom. The molecule has 1 aliphatic carbocycles. The van der Waals surface area contributed by atoms with E-state index in [0.717, 1.165) is 44.9 Å². The summed E-state index contributed by atoms with van der Waals surface area (Å²) in [6.07, 6.45) is 4.13. The van der Waals surface area contributed by atoms with Crippen LogP contribution in [0.15, 0.2) is 0 Å². The lowest BCUT2D eigenvalue weighted by atomic mass is 9.75. The molecule has 3 atom stereocenters. The van der Waals surface area contributed by atoms with Crippen LogP contribution in [0.1, 0.15) is 46.5 Å². The molecule has 0 aromatic carbocycles. The van der Waals surface area contributed by atoms with E-state index in [4.69, 9.17) is 9.47 Å². The van der Waals surface area contributed by atoms with Crippen LogP contribution in [0.3, 0.4) is 0 Å². The van der Waals surface area contributed by atoms with Gasteiger partial charge in [0.05, 0.1) is 12.6 Å². The Morgan fingerprint density at radius 3 is 2.85 bits per heavy atom. The van der Waals surface area contributed by atoms with Gasteiger partial charge in [0.2, 0.25) is 0 Å². The number of piperidine rings is 1. The van der Waals surface area contributed by atoms with Crippen molar-refractivity contribution >= 4 is 6.09 Å². The number of nitrogens with zero attached hydrogens (tertiary/aromatic N) is 1. The molecule has 3 rings (SSSR count). The van der Waals surface area contributed by atoms with Crippen LogP contribution in [0, 0.1) is 5.92 Å². The number of rotatable bonds is 0. The molecule has 5 heteroatoms. The Morgan fingerprint density at radius 1 is 1.40 bits per heavy atom. The molecule has 2 bridgehead atoms. The van der Waals surface area contributed by atoms with E-state index < -0.39 is 5.60 Å². The van der Waals surface area contributed by atoms with E-state index in [1.54, 1.807) is 0 Å². The monoisotopic (exact) mass is 282 g/mol. The molecule has 2 saturated heterocycles. The van der Waals surface area contributed by atoms with E-state index in [2.05, 4.69) is 5.32 Å². The van der Waals surface area contributed by atoms with Crippen molar-refractivity contribution in [1.29, 1.82) is 0 Å². The highest BCUT2D eigenvalue weighted by Gasteiger charge is 2.52. The van der Waals surface area contributed by atoms with Crippen LogP contribution in [0.5, 0.6) is 0 Å². The number of nitrogens with one attached hydrogen (secondary N) is 1. The molecule has 3 unspecified atom stereocenters. The van der Waals surface area contributed by atoms with Crippen molar-refractivity contribution in [2.24, 2.45) is 5.92 Å². The SMILES string of the molecule is CC(C)(C)OC(=O)N1CCC2CCC3(NCCO3)C1C2. The van der Waals surface area contributed by atoms with Crippen LogP contribution in [-0.2, 0) is 9.47 Å². The molecule has 3 aliphatic rings. The van der Waals surface area contributed by atoms with Gasteiger partial charge in [-0.1, -0.05) is 0 Å². The quantitative estimate of drug-likeness (QED) is 0.739. The third-order valence-electron chi connectivity index (χ3n) is 4.69. The third-order valence-corrected chi connectivity index (χ3v) is 4.69. The number of carbonyl (C=O) groups is 1. The number of amides is 1. The summed E-state index contributed by atoms with van der Waals surface area (Å²) in [6.45, 7) is 8.15. The number of fused-ring (bicyclic) bond motifs is 3. The standard InChI is InChI=1S/C15H26N2O3/c1-14(2,3)20-13(18)17-8-5-11-4-6-15(12(17)10-11)16-7-9-19-15/h11-12,16H,4-10H2,1-3H3. The van der Waals surface area contributed by atoms with Gasteiger partial charge in [-0.3, -0.25) is 5.32 Å². The third kappa shape index (κ3) is 2.53. The highest BCUT2D eigenvalue weighted by atomic mass is 16.6. The van der Waals surface area contributed by atoms with Gasteiger partial charge in [0.1, 0.15) is 11.3 Å². The van der Waals surface area contributed by atoms with E-state index in [1.807, 2.05) is 25.7 Å². The lowest BCUT2D eigenvalue weighted by Crippen LogP contribution is -2.65. The van der Waals surface area contributed by atoms with Gasteiger partial charge in [-0.05, 0) is 52.4 Å². The largest absolute Gasteiger partial charge is 0.444 e. The second-order valence-electron chi connectivity index (χ2n) is 7.28. The normalized spacial score (nSPS) is 37.2. The summed E-state index contributed by atoms with van der Waals surface area (Å²) >= 11 is 0. The van der Waals surface area contributed by atoms with Crippen LogP contribution < -0.4 is 5.32 Å². The van der Waals surface area contributed by atoms with Gasteiger partial charge in [-0.15, -0.1) is 0 Å². The Kier molecular flexibility index (Phi) is 3.45. The summed E-state index contributed by atoms with van der Waals surface area (Å²) in [7, 11) is 0. The van der Waals surface area contributed by atoms with Gasteiger partial charge >= 0.3 is 6.09 Å². The molecule has 0 aromatic heterocycles. The molecule has 1 spiro atoms. The van der Waals surface area contributed by atoms with Crippen molar-refractivity contribution in [3.05, 3.63) is 0 Å². The fraction of sp³-hybridized carbons (Fsp3) is 0.933. The van der Waals surface area contributed by atoms with Crippen LogP contribution in [0.4, 0.5) is 4.79 Å². The second-order valence-corrected chi connectivity index (χ2v) is 7.28. The van der Waals surface area contributed by atoms with Gasteiger partial charge < -0.3 is 14.4 Å². The van der Waals surface area contributed by atoms with Crippen molar-refractivity contribution in [1.82, 2.24) is 10.2 Å². The molecule has 1 amide bonds. The summed E-state index contributed by atoms with van der Waals surface area (Å²) in [4.78, 5) is 14.4. The molecular formula is C15H26N2O3. The topological polar surface area (TPSA) is 50.8 Å². The summed E-state index contributed by atoms with van der Waals surface area (Å²) in [5.74, 6) is 0.732. The smallest absolute Gasteiger partial charge is 0.410 e. The Balaban J connectivity index is 1.78. The minimum Gasteiger partial charge on any atom is -0.444 e. The van der Waals surface area contributed by atoms with Gasteiger partial charge in [-0.2, -0.15) is 0 Å². The maximum atomic E-state index is 12.5. The number of hydrogen-bond donors (Lipinski definition) is 1. The van der Waals surface area contributed by atoms with Crippen LogP contribution >= 0.6 is 0 Å². The molecule has 1 N–H and O–H groups in total. The predicted molar refractivity (Wildman–Crippen MR) is 75.4 cm³/mol. The van der Waals surface area contributed by atoms with Gasteiger partial charge in [0, 0.05) is 13.1 Å². The molecule has 114 valence electrons. The second kappa shape index (κ2) is 4.88. The maximum Gasteiger partial charge on any atom is 0.410 e. The number of carbonyl (C=O) groups excluding carboxylic acids is 1. The summed E-state index contributed by atoms with van der Waals surface area (Å²) in [5, 5.41) is 3.50. The average molecular weight is 282 g/mol. The molecule has 0 radical (unpaired) electrons. The molecule has 20 heavy (non-hydrogen) atoms. The predicted octanol–water partition coefficient (Wildman–Crippen LogP) is 2.11. The van der Waals surface area contributed by atoms with Gasteiger partial charge in [0.15, 0.2) is 0 Å². The first-order valence-corrected chi connectivity index (χ1v) is 7.78. The van der Waals surface area contributed by atoms with Crippen LogP contribution in [0.2, 0.25) is 0 Å². The minimum absolute atomic E-state index is 0.118. The molecule has 0 aromatic rings. The first-order valence-electron chi connectivity index (χ1n) is 7.78. The Hall–Kier alpha value is -0.810. The maximum absolute atomic E-state index is 12.5. The number of hydrogen-bond acceptors (Lipinski definition) is 4. The summed E-state index contributed by atoms with van der Waals surface area (Å²) in [6, 6.07) is 0.118. The van der Waals surface area contributed by atoms with Crippen molar-refractivity contribution < 1.29 is 14.3 Å². The van der Waals surface area contributed by atoms with E-state index in [0.29, 0.717) is 0 Å². The Bertz CT molecular complexity index is 385. The molecular weight excluding hydrogens is 256 g/mol. The minimum atomic E-state index is -0.445. The first-order chi connectivity index (χ1) is 9.40. The molecule has 2 aliphatic heterocycles. The van der Waals surface area contributed by atoms with Crippen LogP contribution in [-0.4, -0.2) is 48.1 Å². The van der Waals surface area contributed by atoms with E-state index in [9.17, 15) is 4.79 Å². The zero-order chi connectivity index (χ0) is 14.4. The number of likely N-dealkylation sites (tertiary alicyclic amines) is 1. The highest BCUT2D eigenvalue weighted by molar-refractivity contribution is 5.69. The number of ether oxygens (including phenoxy) is 2. The van der Waals surface area contributed by atoms with E-state index in [-0.39, 0.29) is 17.9 Å². The Labute approximate surface area is 121 Å². The van der Waals surface area contributed by atoms with Crippen molar-refractivity contribution in [3.63, 3.8) is 0 Å². The molecule has 2 heterocycles. The zero-order valence-electron chi connectivity index (χ0n) is 12.8. The van der Waals surface area contributed by atoms with Crippen molar-refractivity contribution in [3.8, 4) is 0 Å². The van der Waals surface area contributed by atoms with Gasteiger partial charge in [0.25, 0.3) is 0 Å². The molecule has 5 nitrogen and oxygen atoms in total. The molecule has 3 fully saturated rings. The van der Waals surface area contributed by atoms with Crippen molar-refractivity contribution in [2.75, 3.05) is 19.7 Å². The van der Waals surface area contributed by atoms with Crippen LogP contribution in [0.25, 0.3) is 0 Å². The van der Waals surface area contributed by atoms with E-state index >= 15 is 0 Å². The fourth-order valence-electron chi connectivity index (χ4n) is 3.79. The zero-order valence-corrected chi connectivity index (χ0v) is 12.8. The summed E-state index contributed by atoms with van der Waals surface area (Å²) < 4.78 is 11.6. The van der Waals surface area contributed by atoms with Crippen molar-refractivity contribution in [2.45, 2.75) is 63.8 Å². The fourth-order valence-corrected chi connectivity index (χ4v) is 3.79. The molecule has 1 saturated carbocycles. The average Bonchev–Trinajstić information content (AvgIpc) is 2.82. The van der Waals surface area contributed by atoms with E-state index in [1.165, 1.54) is 6.42 Å². The highest BCUT2D eigenvalue weighted by Crippen LogP contribution is 2.42. The lowest BCUT2D eigenvalue weighted by molar-refractivity contribution is -0.126.